The molecule has 1 unspecified atom stereocenters. The number of para-hydroxylation sites is 1. The molecule has 0 bridgehead atoms. The number of ether oxygens (including phenoxy) is 3. The number of nitrogens with zero attached hydrogens (tertiary/aromatic N) is 2. The second kappa shape index (κ2) is 9.40. The minimum atomic E-state index is -0.260. The van der Waals surface area contributed by atoms with Crippen LogP contribution < -0.4 is 10.2 Å². The van der Waals surface area contributed by atoms with Gasteiger partial charge in [0.25, 0.3) is 5.91 Å². The summed E-state index contributed by atoms with van der Waals surface area (Å²) in [7, 11) is 6.74. The van der Waals surface area contributed by atoms with E-state index in [0.717, 1.165) is 21.8 Å². The number of pyridine rings is 1. The van der Waals surface area contributed by atoms with E-state index in [2.05, 4.69) is 15.2 Å². The van der Waals surface area contributed by atoms with E-state index in [4.69, 9.17) is 14.2 Å². The molecule has 0 radical (unpaired) electrons. The number of anilines is 2. The predicted molar refractivity (Wildman–Crippen MR) is 125 cm³/mol. The third-order valence-electron chi connectivity index (χ3n) is 5.41. The largest absolute Gasteiger partial charge is 0.501 e. The van der Waals surface area contributed by atoms with Crippen molar-refractivity contribution in [1.29, 1.82) is 0 Å². The summed E-state index contributed by atoms with van der Waals surface area (Å²) in [6.07, 6.45) is 7.44. The lowest BCUT2D eigenvalue weighted by Crippen LogP contribution is -2.20. The minimum absolute atomic E-state index is 0.0217. The Bertz CT molecular complexity index is 1130. The molecule has 8 heteroatoms. The number of rotatable bonds is 6. The zero-order valence-electron chi connectivity index (χ0n) is 18.4. The highest BCUT2D eigenvalue weighted by Crippen LogP contribution is 2.51. The van der Waals surface area contributed by atoms with Crippen molar-refractivity contribution in [3.8, 4) is 0 Å². The molecule has 4 rings (SSSR count). The average Bonchev–Trinajstić information content (AvgIpc) is 3.03. The van der Waals surface area contributed by atoms with Crippen LogP contribution in [-0.2, 0) is 19.0 Å². The van der Waals surface area contributed by atoms with Gasteiger partial charge in [-0.2, -0.15) is 0 Å². The van der Waals surface area contributed by atoms with Crippen LogP contribution in [0.5, 0.6) is 0 Å². The van der Waals surface area contributed by atoms with Crippen LogP contribution in [-0.4, -0.2) is 39.3 Å². The highest BCUT2D eigenvalue weighted by molar-refractivity contribution is 8.00. The maximum absolute atomic E-state index is 13.3. The Morgan fingerprint density at radius 2 is 1.94 bits per heavy atom. The molecular weight excluding hydrogens is 426 g/mol. The first-order chi connectivity index (χ1) is 15.5. The third kappa shape index (κ3) is 4.18. The summed E-state index contributed by atoms with van der Waals surface area (Å²) in [4.78, 5) is 20.8. The van der Waals surface area contributed by atoms with Crippen molar-refractivity contribution >= 4 is 29.0 Å². The van der Waals surface area contributed by atoms with Gasteiger partial charge >= 0.3 is 0 Å². The van der Waals surface area contributed by atoms with E-state index in [9.17, 15) is 4.79 Å². The first-order valence-electron chi connectivity index (χ1n) is 10.1. The average molecular weight is 452 g/mol. The maximum Gasteiger partial charge on any atom is 0.255 e. The number of carbonyl (C=O) groups is 1. The molecule has 7 nitrogen and oxygen atoms in total. The van der Waals surface area contributed by atoms with Gasteiger partial charge in [0.1, 0.15) is 16.9 Å². The molecule has 0 saturated carbocycles. The molecule has 1 amide bonds. The van der Waals surface area contributed by atoms with Crippen molar-refractivity contribution in [2.75, 3.05) is 38.6 Å². The van der Waals surface area contributed by atoms with Crippen molar-refractivity contribution in [3.63, 3.8) is 0 Å². The summed E-state index contributed by atoms with van der Waals surface area (Å²) in [5.41, 5.74) is 3.29. The number of fused-ring (bicyclic) bond motifs is 1. The van der Waals surface area contributed by atoms with Crippen LogP contribution in [0.25, 0.3) is 0 Å². The van der Waals surface area contributed by atoms with Gasteiger partial charge in [-0.15, -0.1) is 0 Å². The molecule has 166 valence electrons. The molecule has 1 atom stereocenters. The van der Waals surface area contributed by atoms with E-state index in [1.165, 1.54) is 0 Å². The Kier molecular flexibility index (Phi) is 6.41. The lowest BCUT2D eigenvalue weighted by atomic mass is 10.1. The Labute approximate surface area is 191 Å². The number of aromatic nitrogens is 1. The van der Waals surface area contributed by atoms with Gasteiger partial charge in [0.2, 0.25) is 0 Å². The number of hydrogen-bond donors (Lipinski definition) is 1. The minimum Gasteiger partial charge on any atom is -0.501 e. The lowest BCUT2D eigenvalue weighted by molar-refractivity contribution is -0.112. The second-order valence-corrected chi connectivity index (χ2v) is 8.37. The Morgan fingerprint density at radius 1 is 1.12 bits per heavy atom. The first-order valence-corrected chi connectivity index (χ1v) is 10.9. The van der Waals surface area contributed by atoms with Crippen LogP contribution in [0.2, 0.25) is 0 Å². The molecule has 2 heterocycles. The van der Waals surface area contributed by atoms with Crippen molar-refractivity contribution in [3.05, 3.63) is 83.3 Å². The topological polar surface area (TPSA) is 72.9 Å². The maximum atomic E-state index is 13.3. The molecule has 2 aliphatic rings. The summed E-state index contributed by atoms with van der Waals surface area (Å²) >= 11 is 1.71. The summed E-state index contributed by atoms with van der Waals surface area (Å²) in [5.74, 6) is 1.43. The first kappa shape index (κ1) is 21.8. The summed E-state index contributed by atoms with van der Waals surface area (Å²) in [5, 5.41) is 3.09. The quantitative estimate of drug-likeness (QED) is 0.687. The molecular formula is C24H25N3O4S. The van der Waals surface area contributed by atoms with E-state index in [-0.39, 0.29) is 11.3 Å². The van der Waals surface area contributed by atoms with Crippen LogP contribution >= 0.6 is 11.8 Å². The number of methoxy groups -OCH3 is 3. The van der Waals surface area contributed by atoms with E-state index in [1.54, 1.807) is 51.4 Å². The highest BCUT2D eigenvalue weighted by atomic mass is 32.2. The van der Waals surface area contributed by atoms with Crippen molar-refractivity contribution in [2.24, 2.45) is 0 Å². The van der Waals surface area contributed by atoms with Gasteiger partial charge in [-0.1, -0.05) is 30.0 Å². The van der Waals surface area contributed by atoms with Crippen LogP contribution in [0.15, 0.2) is 82.6 Å². The smallest absolute Gasteiger partial charge is 0.255 e. The van der Waals surface area contributed by atoms with Gasteiger partial charge in [0.15, 0.2) is 5.76 Å². The number of carbonyl (C=O) groups excluding carboxylic acids is 1. The number of hydrogen-bond acceptors (Lipinski definition) is 7. The fraction of sp³-hybridized carbons (Fsp3) is 0.250. The summed E-state index contributed by atoms with van der Waals surface area (Å²) in [6, 6.07) is 9.84. The molecule has 0 fully saturated rings. The highest BCUT2D eigenvalue weighted by Gasteiger charge is 2.30. The standard InChI is InChI=1S/C24H25N3O4S/c1-27-19-9-10-25-14-22(19)32-24(27)17-7-5-6-8-18(17)26-23(28)15-11-16(29-2)13-21(31-4)20(12-15)30-3/h5-12,14,24H,13H2,1-4H3,(H,26,28). The number of thioether (sulfide) groups is 1. The fourth-order valence-electron chi connectivity index (χ4n) is 3.71. The van der Waals surface area contributed by atoms with Gasteiger partial charge in [0.05, 0.1) is 38.3 Å². The van der Waals surface area contributed by atoms with E-state index >= 15 is 0 Å². The SMILES string of the molecule is COC1=CC(C(=O)Nc2ccccc2C2Sc3cnccc3N2C)=CC(OC)=C(OC)C1. The van der Waals surface area contributed by atoms with Crippen LogP contribution in [0.1, 0.15) is 17.4 Å². The Morgan fingerprint density at radius 3 is 2.66 bits per heavy atom. The molecule has 1 aliphatic carbocycles. The zero-order chi connectivity index (χ0) is 22.7. The molecule has 32 heavy (non-hydrogen) atoms. The third-order valence-corrected chi connectivity index (χ3v) is 6.77. The van der Waals surface area contributed by atoms with Gasteiger partial charge in [-0.05, 0) is 24.3 Å². The van der Waals surface area contributed by atoms with Gasteiger partial charge in [0, 0.05) is 36.3 Å². The number of allylic oxidation sites excluding steroid dienone is 1. The molecule has 2 aromatic rings. The van der Waals surface area contributed by atoms with Gasteiger partial charge < -0.3 is 24.4 Å². The molecule has 1 aromatic carbocycles. The van der Waals surface area contributed by atoms with Crippen LogP contribution in [0.3, 0.4) is 0 Å². The van der Waals surface area contributed by atoms with Gasteiger partial charge in [-0.3, -0.25) is 9.78 Å². The predicted octanol–water partition coefficient (Wildman–Crippen LogP) is 4.63. The van der Waals surface area contributed by atoms with Crippen molar-refractivity contribution < 1.29 is 19.0 Å². The monoisotopic (exact) mass is 451 g/mol. The molecule has 1 N–H and O–H groups in total. The van der Waals surface area contributed by atoms with E-state index in [1.807, 2.05) is 43.6 Å². The zero-order valence-corrected chi connectivity index (χ0v) is 19.2. The van der Waals surface area contributed by atoms with Crippen molar-refractivity contribution in [1.82, 2.24) is 4.98 Å². The molecule has 0 saturated heterocycles. The van der Waals surface area contributed by atoms with Crippen molar-refractivity contribution in [2.45, 2.75) is 16.7 Å². The lowest BCUT2D eigenvalue weighted by Gasteiger charge is -2.24. The van der Waals surface area contributed by atoms with Gasteiger partial charge in [-0.25, -0.2) is 0 Å². The second-order valence-electron chi connectivity index (χ2n) is 7.25. The Hall–Kier alpha value is -3.39. The fourth-order valence-corrected chi connectivity index (χ4v) is 5.01. The van der Waals surface area contributed by atoms with Crippen LogP contribution in [0.4, 0.5) is 11.4 Å². The van der Waals surface area contributed by atoms with E-state index < -0.39 is 0 Å². The molecule has 0 spiro atoms. The normalized spacial score (nSPS) is 17.8. The molecule has 1 aromatic heterocycles. The number of nitrogens with one attached hydrogen (secondary N) is 1. The number of benzene rings is 1. The summed E-state index contributed by atoms with van der Waals surface area (Å²) in [6.45, 7) is 0. The van der Waals surface area contributed by atoms with Crippen LogP contribution in [0, 0.1) is 0 Å². The molecule has 1 aliphatic heterocycles. The van der Waals surface area contributed by atoms with E-state index in [0.29, 0.717) is 29.3 Å². The summed E-state index contributed by atoms with van der Waals surface area (Å²) < 4.78 is 16.3. The number of amides is 1. The Balaban J connectivity index is 1.64.